The van der Waals surface area contributed by atoms with Crippen LogP contribution in [0.5, 0.6) is 0 Å². The molecule has 3 rings (SSSR count). The van der Waals surface area contributed by atoms with Gasteiger partial charge in [0.1, 0.15) is 0 Å². The van der Waals surface area contributed by atoms with Gasteiger partial charge < -0.3 is 15.3 Å². The lowest BCUT2D eigenvalue weighted by Gasteiger charge is -2.31. The first-order valence-electron chi connectivity index (χ1n) is 8.98. The molecule has 0 radical (unpaired) electrons. The van der Waals surface area contributed by atoms with Gasteiger partial charge in [0.15, 0.2) is 0 Å². The Bertz CT molecular complexity index is 588. The standard InChI is InChI=1S/C19H26N2O3/c22-13-14-8-10-21(11-9-14)19(24)16-6-3-7-17(12-16)20-18(23)15-4-1-2-5-15/h3,6-7,12,14-15,22H,1-2,4-5,8-11,13H2,(H,20,23). The van der Waals surface area contributed by atoms with Crippen molar-refractivity contribution in [1.82, 2.24) is 4.90 Å². The maximum atomic E-state index is 12.6. The van der Waals surface area contributed by atoms with Gasteiger partial charge in [0.2, 0.25) is 5.91 Å². The predicted octanol–water partition coefficient (Wildman–Crippen LogP) is 2.66. The van der Waals surface area contributed by atoms with Crippen LogP contribution in [0.2, 0.25) is 0 Å². The van der Waals surface area contributed by atoms with Gasteiger partial charge in [-0.05, 0) is 49.8 Å². The molecule has 1 heterocycles. The van der Waals surface area contributed by atoms with E-state index in [-0.39, 0.29) is 24.3 Å². The SMILES string of the molecule is O=C(Nc1cccc(C(=O)N2CCC(CO)CC2)c1)C1CCCC1. The molecule has 1 aromatic rings. The number of aliphatic hydroxyl groups excluding tert-OH is 1. The predicted molar refractivity (Wildman–Crippen MR) is 92.7 cm³/mol. The summed E-state index contributed by atoms with van der Waals surface area (Å²) in [5, 5.41) is 12.2. The van der Waals surface area contributed by atoms with Gasteiger partial charge in [0.25, 0.3) is 5.91 Å². The van der Waals surface area contributed by atoms with Gasteiger partial charge in [-0.2, -0.15) is 0 Å². The highest BCUT2D eigenvalue weighted by molar-refractivity contribution is 5.97. The highest BCUT2D eigenvalue weighted by atomic mass is 16.3. The van der Waals surface area contributed by atoms with Crippen molar-refractivity contribution < 1.29 is 14.7 Å². The Balaban J connectivity index is 1.62. The third-order valence-electron chi connectivity index (χ3n) is 5.26. The molecular weight excluding hydrogens is 304 g/mol. The summed E-state index contributed by atoms with van der Waals surface area (Å²) in [5.41, 5.74) is 1.31. The molecule has 2 N–H and O–H groups in total. The van der Waals surface area contributed by atoms with Crippen LogP contribution in [0, 0.1) is 11.8 Å². The number of piperidine rings is 1. The number of aliphatic hydroxyl groups is 1. The number of carbonyl (C=O) groups excluding carboxylic acids is 2. The topological polar surface area (TPSA) is 69.6 Å². The minimum atomic E-state index is 0.00311. The van der Waals surface area contributed by atoms with Gasteiger partial charge in [-0.25, -0.2) is 0 Å². The number of nitrogens with zero attached hydrogens (tertiary/aromatic N) is 1. The van der Waals surface area contributed by atoms with E-state index in [9.17, 15) is 14.7 Å². The Morgan fingerprint density at radius 3 is 2.50 bits per heavy atom. The van der Waals surface area contributed by atoms with Crippen molar-refractivity contribution in [3.05, 3.63) is 29.8 Å². The first kappa shape index (κ1) is 17.0. The summed E-state index contributed by atoms with van der Waals surface area (Å²) in [4.78, 5) is 26.7. The monoisotopic (exact) mass is 330 g/mol. The first-order chi connectivity index (χ1) is 11.7. The molecule has 2 aliphatic rings. The molecule has 0 aromatic heterocycles. The van der Waals surface area contributed by atoms with Crippen LogP contribution in [0.4, 0.5) is 5.69 Å². The number of rotatable bonds is 4. The number of hydrogen-bond acceptors (Lipinski definition) is 3. The fourth-order valence-corrected chi connectivity index (χ4v) is 3.66. The number of hydrogen-bond donors (Lipinski definition) is 2. The highest BCUT2D eigenvalue weighted by Crippen LogP contribution is 2.26. The summed E-state index contributed by atoms with van der Waals surface area (Å²) >= 11 is 0. The minimum absolute atomic E-state index is 0.00311. The van der Waals surface area contributed by atoms with Crippen molar-refractivity contribution in [3.63, 3.8) is 0 Å². The Hall–Kier alpha value is -1.88. The van der Waals surface area contributed by atoms with E-state index in [1.54, 1.807) is 12.1 Å². The maximum Gasteiger partial charge on any atom is 0.253 e. The van der Waals surface area contributed by atoms with Crippen LogP contribution < -0.4 is 5.32 Å². The zero-order chi connectivity index (χ0) is 16.9. The summed E-state index contributed by atoms with van der Waals surface area (Å²) in [6.07, 6.45) is 5.87. The number of benzene rings is 1. The summed E-state index contributed by atoms with van der Waals surface area (Å²) < 4.78 is 0. The number of likely N-dealkylation sites (tertiary alicyclic amines) is 1. The van der Waals surface area contributed by atoms with Gasteiger partial charge >= 0.3 is 0 Å². The van der Waals surface area contributed by atoms with E-state index in [1.807, 2.05) is 17.0 Å². The normalized spacial score (nSPS) is 19.5. The Morgan fingerprint density at radius 2 is 1.83 bits per heavy atom. The van der Waals surface area contributed by atoms with E-state index in [1.165, 1.54) is 0 Å². The van der Waals surface area contributed by atoms with Crippen LogP contribution in [-0.4, -0.2) is 41.5 Å². The molecule has 0 spiro atoms. The van der Waals surface area contributed by atoms with Crippen molar-refractivity contribution in [1.29, 1.82) is 0 Å². The molecule has 2 amide bonds. The fourth-order valence-electron chi connectivity index (χ4n) is 3.66. The lowest BCUT2D eigenvalue weighted by molar-refractivity contribution is -0.119. The quantitative estimate of drug-likeness (QED) is 0.892. The first-order valence-corrected chi connectivity index (χ1v) is 8.98. The van der Waals surface area contributed by atoms with Crippen molar-refractivity contribution >= 4 is 17.5 Å². The van der Waals surface area contributed by atoms with Gasteiger partial charge in [-0.3, -0.25) is 9.59 Å². The molecular formula is C19H26N2O3. The molecule has 1 saturated carbocycles. The van der Waals surface area contributed by atoms with Gasteiger partial charge in [0.05, 0.1) is 0 Å². The smallest absolute Gasteiger partial charge is 0.253 e. The fraction of sp³-hybridized carbons (Fsp3) is 0.579. The molecule has 1 saturated heterocycles. The molecule has 2 fully saturated rings. The van der Waals surface area contributed by atoms with Crippen molar-refractivity contribution in [2.24, 2.45) is 11.8 Å². The Morgan fingerprint density at radius 1 is 1.12 bits per heavy atom. The highest BCUT2D eigenvalue weighted by Gasteiger charge is 2.25. The van der Waals surface area contributed by atoms with E-state index in [2.05, 4.69) is 5.32 Å². The summed E-state index contributed by atoms with van der Waals surface area (Å²) in [7, 11) is 0. The Kier molecular flexibility index (Phi) is 5.51. The van der Waals surface area contributed by atoms with Crippen LogP contribution in [-0.2, 0) is 4.79 Å². The molecule has 1 aromatic carbocycles. The second-order valence-corrected chi connectivity index (χ2v) is 6.97. The van der Waals surface area contributed by atoms with Crippen molar-refractivity contribution in [2.45, 2.75) is 38.5 Å². The van der Waals surface area contributed by atoms with E-state index in [0.29, 0.717) is 30.3 Å². The molecule has 0 atom stereocenters. The molecule has 1 aliphatic heterocycles. The van der Waals surface area contributed by atoms with Crippen molar-refractivity contribution in [2.75, 3.05) is 25.0 Å². The third kappa shape index (κ3) is 3.96. The molecule has 5 heteroatoms. The lowest BCUT2D eigenvalue weighted by Crippen LogP contribution is -2.39. The molecule has 1 aliphatic carbocycles. The number of carbonyl (C=O) groups is 2. The molecule has 5 nitrogen and oxygen atoms in total. The van der Waals surface area contributed by atoms with Crippen LogP contribution in [0.3, 0.4) is 0 Å². The van der Waals surface area contributed by atoms with E-state index >= 15 is 0 Å². The Labute approximate surface area is 143 Å². The average Bonchev–Trinajstić information content (AvgIpc) is 3.16. The van der Waals surface area contributed by atoms with Crippen LogP contribution in [0.15, 0.2) is 24.3 Å². The average molecular weight is 330 g/mol. The largest absolute Gasteiger partial charge is 0.396 e. The second-order valence-electron chi connectivity index (χ2n) is 6.97. The summed E-state index contributed by atoms with van der Waals surface area (Å²) in [6.45, 7) is 1.57. The van der Waals surface area contributed by atoms with E-state index < -0.39 is 0 Å². The lowest BCUT2D eigenvalue weighted by atomic mass is 9.97. The van der Waals surface area contributed by atoms with E-state index in [4.69, 9.17) is 0 Å². The molecule has 0 unspecified atom stereocenters. The number of anilines is 1. The summed E-state index contributed by atoms with van der Waals surface area (Å²) in [6, 6.07) is 7.22. The molecule has 0 bridgehead atoms. The second kappa shape index (κ2) is 7.79. The molecule has 130 valence electrons. The zero-order valence-electron chi connectivity index (χ0n) is 14.0. The van der Waals surface area contributed by atoms with Gasteiger partial charge in [-0.15, -0.1) is 0 Å². The summed E-state index contributed by atoms with van der Waals surface area (Å²) in [5.74, 6) is 0.497. The number of amides is 2. The number of nitrogens with one attached hydrogen (secondary N) is 1. The van der Waals surface area contributed by atoms with E-state index in [0.717, 1.165) is 38.5 Å². The third-order valence-corrected chi connectivity index (χ3v) is 5.26. The minimum Gasteiger partial charge on any atom is -0.396 e. The van der Waals surface area contributed by atoms with Crippen LogP contribution in [0.1, 0.15) is 48.9 Å². The zero-order valence-corrected chi connectivity index (χ0v) is 14.0. The molecule has 24 heavy (non-hydrogen) atoms. The maximum absolute atomic E-state index is 12.6. The van der Waals surface area contributed by atoms with Crippen LogP contribution in [0.25, 0.3) is 0 Å². The van der Waals surface area contributed by atoms with Crippen molar-refractivity contribution in [3.8, 4) is 0 Å². The van der Waals surface area contributed by atoms with Gasteiger partial charge in [0, 0.05) is 36.9 Å². The van der Waals surface area contributed by atoms with Crippen LogP contribution >= 0.6 is 0 Å². The van der Waals surface area contributed by atoms with Gasteiger partial charge in [-0.1, -0.05) is 18.9 Å².